The van der Waals surface area contributed by atoms with Crippen LogP contribution in [0.4, 0.5) is 10.1 Å². The Kier molecular flexibility index (Phi) is 3.09. The molecule has 2 heterocycles. The van der Waals surface area contributed by atoms with Gasteiger partial charge < -0.3 is 5.32 Å². The molecule has 3 rings (SSSR count). The van der Waals surface area contributed by atoms with Gasteiger partial charge in [0.25, 0.3) is 11.7 Å². The highest BCUT2D eigenvalue weighted by molar-refractivity contribution is 6.01. The summed E-state index contributed by atoms with van der Waals surface area (Å²) in [4.78, 5) is 20.2. The third-order valence-electron chi connectivity index (χ3n) is 3.00. The third kappa shape index (κ3) is 2.45. The first kappa shape index (κ1) is 13.2. The Balaban J connectivity index is 1.93. The second kappa shape index (κ2) is 4.93. The summed E-state index contributed by atoms with van der Waals surface area (Å²) >= 11 is 0. The molecular formula is C14H12FN5O. The zero-order chi connectivity index (χ0) is 15.0. The van der Waals surface area contributed by atoms with E-state index in [2.05, 4.69) is 20.4 Å². The Morgan fingerprint density at radius 3 is 2.86 bits per heavy atom. The van der Waals surface area contributed by atoms with Gasteiger partial charge in [-0.3, -0.25) is 4.79 Å². The molecular weight excluding hydrogens is 273 g/mol. The number of benzene rings is 1. The maximum Gasteiger partial charge on any atom is 0.295 e. The number of nitrogens with zero attached hydrogens (tertiary/aromatic N) is 4. The molecule has 1 amide bonds. The van der Waals surface area contributed by atoms with Gasteiger partial charge in [0.1, 0.15) is 5.82 Å². The lowest BCUT2D eigenvalue weighted by molar-refractivity contribution is 0.101. The van der Waals surface area contributed by atoms with Gasteiger partial charge in [0.05, 0.1) is 5.69 Å². The molecule has 21 heavy (non-hydrogen) atoms. The topological polar surface area (TPSA) is 72.2 Å². The SMILES string of the molecule is Cc1ccc(F)c(NC(=O)c2nc3nccc(C)n3n2)c1. The molecule has 0 spiro atoms. The first-order chi connectivity index (χ1) is 10.0. The van der Waals surface area contributed by atoms with Crippen LogP contribution in [0, 0.1) is 19.7 Å². The summed E-state index contributed by atoms with van der Waals surface area (Å²) in [7, 11) is 0. The summed E-state index contributed by atoms with van der Waals surface area (Å²) < 4.78 is 15.1. The van der Waals surface area contributed by atoms with Crippen LogP contribution in [0.25, 0.3) is 5.78 Å². The third-order valence-corrected chi connectivity index (χ3v) is 3.00. The molecule has 0 aliphatic heterocycles. The average Bonchev–Trinajstić information content (AvgIpc) is 2.88. The van der Waals surface area contributed by atoms with Crippen LogP contribution in [0.5, 0.6) is 0 Å². The van der Waals surface area contributed by atoms with Crippen LogP contribution < -0.4 is 5.32 Å². The number of fused-ring (bicyclic) bond motifs is 1. The monoisotopic (exact) mass is 285 g/mol. The number of hydrogen-bond acceptors (Lipinski definition) is 4. The van der Waals surface area contributed by atoms with Crippen LogP contribution in [0.15, 0.2) is 30.5 Å². The summed E-state index contributed by atoms with van der Waals surface area (Å²) in [5.74, 6) is -0.820. The number of amides is 1. The van der Waals surface area contributed by atoms with Gasteiger partial charge in [-0.05, 0) is 37.6 Å². The zero-order valence-corrected chi connectivity index (χ0v) is 11.5. The van der Waals surface area contributed by atoms with Crippen molar-refractivity contribution >= 4 is 17.4 Å². The van der Waals surface area contributed by atoms with Gasteiger partial charge in [-0.1, -0.05) is 6.07 Å². The molecule has 6 nitrogen and oxygen atoms in total. The normalized spacial score (nSPS) is 10.8. The zero-order valence-electron chi connectivity index (χ0n) is 11.5. The lowest BCUT2D eigenvalue weighted by Crippen LogP contribution is -2.15. The van der Waals surface area contributed by atoms with Crippen molar-refractivity contribution in [1.29, 1.82) is 0 Å². The number of hydrogen-bond donors (Lipinski definition) is 1. The summed E-state index contributed by atoms with van der Waals surface area (Å²) in [6.45, 7) is 3.64. The average molecular weight is 285 g/mol. The maximum atomic E-state index is 13.6. The van der Waals surface area contributed by atoms with E-state index in [1.807, 2.05) is 13.8 Å². The molecule has 0 radical (unpaired) electrons. The fourth-order valence-corrected chi connectivity index (χ4v) is 1.92. The number of nitrogens with one attached hydrogen (secondary N) is 1. The highest BCUT2D eigenvalue weighted by atomic mass is 19.1. The molecule has 0 saturated carbocycles. The summed E-state index contributed by atoms with van der Waals surface area (Å²) in [5, 5.41) is 6.54. The van der Waals surface area contributed by atoms with Crippen LogP contribution in [-0.2, 0) is 0 Å². The molecule has 0 bridgehead atoms. The van der Waals surface area contributed by atoms with E-state index < -0.39 is 11.7 Å². The lowest BCUT2D eigenvalue weighted by atomic mass is 10.2. The predicted molar refractivity (Wildman–Crippen MR) is 74.6 cm³/mol. The fourth-order valence-electron chi connectivity index (χ4n) is 1.92. The molecule has 3 aromatic rings. The minimum absolute atomic E-state index is 0.0577. The first-order valence-electron chi connectivity index (χ1n) is 6.30. The highest BCUT2D eigenvalue weighted by Crippen LogP contribution is 2.16. The van der Waals surface area contributed by atoms with Crippen LogP contribution >= 0.6 is 0 Å². The Labute approximate surface area is 119 Å². The van der Waals surface area contributed by atoms with Gasteiger partial charge in [0, 0.05) is 11.9 Å². The van der Waals surface area contributed by atoms with Gasteiger partial charge in [-0.2, -0.15) is 4.98 Å². The number of carbonyl (C=O) groups is 1. The van der Waals surface area contributed by atoms with Gasteiger partial charge in [0.2, 0.25) is 5.82 Å². The lowest BCUT2D eigenvalue weighted by Gasteiger charge is -2.04. The Morgan fingerprint density at radius 2 is 2.10 bits per heavy atom. The molecule has 1 aromatic carbocycles. The van der Waals surface area contributed by atoms with Crippen LogP contribution in [0.3, 0.4) is 0 Å². The van der Waals surface area contributed by atoms with Crippen molar-refractivity contribution in [2.45, 2.75) is 13.8 Å². The Hall–Kier alpha value is -2.83. The summed E-state index contributed by atoms with van der Waals surface area (Å²) in [5.41, 5.74) is 1.74. The Morgan fingerprint density at radius 1 is 1.29 bits per heavy atom. The van der Waals surface area contributed by atoms with E-state index in [0.29, 0.717) is 5.78 Å². The van der Waals surface area contributed by atoms with Crippen LogP contribution in [0.1, 0.15) is 21.9 Å². The van der Waals surface area contributed by atoms with E-state index in [1.54, 1.807) is 24.4 Å². The van der Waals surface area contributed by atoms with Gasteiger partial charge >= 0.3 is 0 Å². The number of carbonyl (C=O) groups excluding carboxylic acids is 1. The van der Waals surface area contributed by atoms with Gasteiger partial charge in [0.15, 0.2) is 0 Å². The Bertz CT molecular complexity index is 842. The fraction of sp³-hybridized carbons (Fsp3) is 0.143. The molecule has 106 valence electrons. The van der Waals surface area contributed by atoms with Gasteiger partial charge in [-0.15, -0.1) is 5.10 Å². The summed E-state index contributed by atoms with van der Waals surface area (Å²) in [6.07, 6.45) is 1.58. The quantitative estimate of drug-likeness (QED) is 0.783. The van der Waals surface area contributed by atoms with Crippen molar-refractivity contribution in [3.8, 4) is 0 Å². The number of rotatable bonds is 2. The van der Waals surface area contributed by atoms with Crippen LogP contribution in [0.2, 0.25) is 0 Å². The number of halogens is 1. The maximum absolute atomic E-state index is 13.6. The van der Waals surface area contributed by atoms with Crippen LogP contribution in [-0.4, -0.2) is 25.5 Å². The predicted octanol–water partition coefficient (Wildman–Crippen LogP) is 2.13. The smallest absolute Gasteiger partial charge is 0.295 e. The molecule has 0 aliphatic rings. The molecule has 0 saturated heterocycles. The molecule has 0 atom stereocenters. The minimum atomic E-state index is -0.579. The molecule has 0 unspecified atom stereocenters. The first-order valence-corrected chi connectivity index (χ1v) is 6.30. The van der Waals surface area contributed by atoms with Crippen molar-refractivity contribution < 1.29 is 9.18 Å². The number of anilines is 1. The van der Waals surface area contributed by atoms with Crippen molar-refractivity contribution in [2.75, 3.05) is 5.32 Å². The van der Waals surface area contributed by atoms with Crippen molar-refractivity contribution in [2.24, 2.45) is 0 Å². The van der Waals surface area contributed by atoms with E-state index in [9.17, 15) is 9.18 Å². The standard InChI is InChI=1S/C14H12FN5O/c1-8-3-4-10(15)11(7-8)17-13(21)12-18-14-16-6-5-9(2)20(14)19-12/h3-7H,1-2H3,(H,17,21). The van der Waals surface area contributed by atoms with E-state index in [-0.39, 0.29) is 11.5 Å². The summed E-state index contributed by atoms with van der Waals surface area (Å²) in [6, 6.07) is 6.23. The number of aromatic nitrogens is 4. The van der Waals surface area contributed by atoms with Crippen molar-refractivity contribution in [3.63, 3.8) is 0 Å². The number of aryl methyl sites for hydroxylation is 2. The van der Waals surface area contributed by atoms with Crippen molar-refractivity contribution in [1.82, 2.24) is 19.6 Å². The van der Waals surface area contributed by atoms with E-state index >= 15 is 0 Å². The molecule has 1 N–H and O–H groups in total. The molecule has 2 aromatic heterocycles. The second-order valence-corrected chi connectivity index (χ2v) is 4.67. The van der Waals surface area contributed by atoms with E-state index in [0.717, 1.165) is 11.3 Å². The van der Waals surface area contributed by atoms with Gasteiger partial charge in [-0.25, -0.2) is 13.9 Å². The molecule has 0 aliphatic carbocycles. The highest BCUT2D eigenvalue weighted by Gasteiger charge is 2.16. The molecule has 7 heteroatoms. The minimum Gasteiger partial charge on any atom is -0.317 e. The van der Waals surface area contributed by atoms with E-state index in [4.69, 9.17) is 0 Å². The van der Waals surface area contributed by atoms with E-state index in [1.165, 1.54) is 10.6 Å². The molecule has 0 fully saturated rings. The van der Waals surface area contributed by atoms with Crippen molar-refractivity contribution in [3.05, 3.63) is 53.4 Å². The largest absolute Gasteiger partial charge is 0.317 e. The second-order valence-electron chi connectivity index (χ2n) is 4.67.